The van der Waals surface area contributed by atoms with Gasteiger partial charge in [-0.25, -0.2) is 0 Å². The molecule has 54 valence electrons. The molecule has 0 radical (unpaired) electrons. The van der Waals surface area contributed by atoms with Gasteiger partial charge >= 0.3 is 40.0 Å². The van der Waals surface area contributed by atoms with Crippen molar-refractivity contribution in [3.63, 3.8) is 0 Å². The fourth-order valence-electron chi connectivity index (χ4n) is 0. The topological polar surface area (TPSA) is 86.6 Å². The van der Waals surface area contributed by atoms with E-state index in [1.165, 1.54) is 0 Å². The zero-order valence-electron chi connectivity index (χ0n) is 4.62. The van der Waals surface area contributed by atoms with Crippen molar-refractivity contribution in [3.05, 3.63) is 0 Å². The predicted octanol–water partition coefficient (Wildman–Crippen LogP) is -1.47. The van der Waals surface area contributed by atoms with Crippen molar-refractivity contribution >= 4 is 40.0 Å². The summed E-state index contributed by atoms with van der Waals surface area (Å²) in [6.45, 7) is 0. The molecular weight excluding hydrogens is 157 g/mol. The first-order valence-electron chi connectivity index (χ1n) is 1.70. The Hall–Kier alpha value is 0.830. The van der Waals surface area contributed by atoms with E-state index in [1.54, 1.807) is 0 Å². The Balaban J connectivity index is -0.0000000800. The third kappa shape index (κ3) is 598. The van der Waals surface area contributed by atoms with Crippen LogP contribution in [0.3, 0.4) is 0 Å². The van der Waals surface area contributed by atoms with Gasteiger partial charge in [0.25, 0.3) is 0 Å². The van der Waals surface area contributed by atoms with Gasteiger partial charge in [0.05, 0.1) is 0 Å². The van der Waals surface area contributed by atoms with Gasteiger partial charge in [0.2, 0.25) is 0 Å². The molecule has 0 aliphatic heterocycles. The van der Waals surface area contributed by atoms with Gasteiger partial charge in [0, 0.05) is 0 Å². The van der Waals surface area contributed by atoms with Crippen molar-refractivity contribution in [1.82, 2.24) is 5.32 Å². The molecule has 0 aromatic carbocycles. The molecule has 0 saturated heterocycles. The van der Waals surface area contributed by atoms with Crippen LogP contribution in [0.15, 0.2) is 0 Å². The second-order valence-corrected chi connectivity index (χ2v) is 1.84. The average molecular weight is 167 g/mol. The van der Waals surface area contributed by atoms with Crippen molar-refractivity contribution < 1.29 is 17.5 Å². The molecule has 0 unspecified atom stereocenters. The van der Waals surface area contributed by atoms with Crippen molar-refractivity contribution in [2.24, 2.45) is 0 Å². The van der Waals surface area contributed by atoms with Crippen LogP contribution in [0, 0.1) is 0 Å². The van der Waals surface area contributed by atoms with Gasteiger partial charge in [-0.15, -0.1) is 0 Å². The molecule has 0 rings (SSSR count). The van der Waals surface area contributed by atoms with Crippen molar-refractivity contribution in [2.45, 2.75) is 0 Å². The molecular formula is C2H10NNaO4S. The van der Waals surface area contributed by atoms with Crippen molar-refractivity contribution in [2.75, 3.05) is 14.1 Å². The summed E-state index contributed by atoms with van der Waals surface area (Å²) >= 11 is 0. The molecule has 0 fully saturated rings. The first kappa shape index (κ1) is 16.4. The number of rotatable bonds is 0. The van der Waals surface area contributed by atoms with Crippen molar-refractivity contribution in [3.8, 4) is 0 Å². The van der Waals surface area contributed by atoms with E-state index >= 15 is 0 Å². The van der Waals surface area contributed by atoms with E-state index in [9.17, 15) is 0 Å². The summed E-state index contributed by atoms with van der Waals surface area (Å²) in [5.41, 5.74) is 0. The molecule has 9 heavy (non-hydrogen) atoms. The minimum atomic E-state index is -4.67. The molecule has 7 heteroatoms. The molecule has 0 aliphatic carbocycles. The second kappa shape index (κ2) is 8.83. The normalized spacial score (nSPS) is 8.44. The third-order valence-corrected chi connectivity index (χ3v) is 0. The standard InChI is InChI=1S/C2H7N.Na.H2O4S.H/c1-3-2;;1-5(2,3)4;/h3H,1-2H3;;(H2,1,2,3,4);. The van der Waals surface area contributed by atoms with Gasteiger partial charge in [0.15, 0.2) is 0 Å². The molecule has 0 aromatic heterocycles. The van der Waals surface area contributed by atoms with Gasteiger partial charge in [-0.05, 0) is 14.1 Å². The maximum atomic E-state index is 8.74. The molecule has 5 nitrogen and oxygen atoms in total. The summed E-state index contributed by atoms with van der Waals surface area (Å²) in [7, 11) is -0.917. The van der Waals surface area contributed by atoms with Crippen LogP contribution in [-0.2, 0) is 10.4 Å². The van der Waals surface area contributed by atoms with Crippen LogP contribution in [0.5, 0.6) is 0 Å². The fourth-order valence-corrected chi connectivity index (χ4v) is 0. The van der Waals surface area contributed by atoms with Crippen molar-refractivity contribution in [1.29, 1.82) is 0 Å². The van der Waals surface area contributed by atoms with E-state index in [0.29, 0.717) is 0 Å². The monoisotopic (exact) mass is 167 g/mol. The summed E-state index contributed by atoms with van der Waals surface area (Å²) in [5, 5.41) is 2.75. The van der Waals surface area contributed by atoms with Crippen LogP contribution >= 0.6 is 0 Å². The van der Waals surface area contributed by atoms with Crippen LogP contribution in [0.1, 0.15) is 0 Å². The quantitative estimate of drug-likeness (QED) is 0.303. The van der Waals surface area contributed by atoms with Crippen LogP contribution in [0.4, 0.5) is 0 Å². The molecule has 0 heterocycles. The molecule has 0 bridgehead atoms. The number of hydrogen-bond acceptors (Lipinski definition) is 3. The van der Waals surface area contributed by atoms with Crippen LogP contribution in [-0.4, -0.2) is 61.2 Å². The summed E-state index contributed by atoms with van der Waals surface area (Å²) in [6, 6.07) is 0. The Labute approximate surface area is 76.7 Å². The summed E-state index contributed by atoms with van der Waals surface area (Å²) in [6.07, 6.45) is 0. The maximum absolute atomic E-state index is 8.74. The van der Waals surface area contributed by atoms with Gasteiger partial charge in [0.1, 0.15) is 0 Å². The van der Waals surface area contributed by atoms with Gasteiger partial charge in [-0.3, -0.25) is 9.11 Å². The molecule has 0 spiro atoms. The predicted molar refractivity (Wildman–Crippen MR) is 36.3 cm³/mol. The zero-order chi connectivity index (χ0) is 7.21. The molecule has 0 aromatic rings. The van der Waals surface area contributed by atoms with Gasteiger partial charge in [-0.1, -0.05) is 0 Å². The fraction of sp³-hybridized carbons (Fsp3) is 1.00. The Kier molecular flexibility index (Phi) is 16.1. The molecule has 0 aliphatic rings. The third-order valence-electron chi connectivity index (χ3n) is 0. The van der Waals surface area contributed by atoms with E-state index in [-0.39, 0.29) is 29.6 Å². The first-order chi connectivity index (χ1) is 3.41. The van der Waals surface area contributed by atoms with Crippen LogP contribution in [0.25, 0.3) is 0 Å². The Bertz CT molecular complexity index is 113. The Morgan fingerprint density at radius 2 is 1.22 bits per heavy atom. The number of nitrogens with one attached hydrogen (secondary N) is 1. The summed E-state index contributed by atoms with van der Waals surface area (Å²) in [4.78, 5) is 0. The zero-order valence-corrected chi connectivity index (χ0v) is 5.44. The van der Waals surface area contributed by atoms with Crippen LogP contribution < -0.4 is 5.32 Å². The summed E-state index contributed by atoms with van der Waals surface area (Å²) < 4.78 is 31.6. The molecule has 0 amide bonds. The van der Waals surface area contributed by atoms with Gasteiger partial charge < -0.3 is 5.32 Å². The Morgan fingerprint density at radius 1 is 1.22 bits per heavy atom. The SMILES string of the molecule is CNC.O=S(=O)(O)O.[NaH]. The van der Waals surface area contributed by atoms with E-state index in [1.807, 2.05) is 14.1 Å². The van der Waals surface area contributed by atoms with Gasteiger partial charge in [-0.2, -0.15) is 8.42 Å². The van der Waals surface area contributed by atoms with E-state index < -0.39 is 10.4 Å². The van der Waals surface area contributed by atoms with E-state index in [2.05, 4.69) is 5.32 Å². The first-order valence-corrected chi connectivity index (χ1v) is 3.10. The van der Waals surface area contributed by atoms with E-state index in [4.69, 9.17) is 17.5 Å². The molecule has 3 N–H and O–H groups in total. The number of hydrogen-bond donors (Lipinski definition) is 3. The van der Waals surface area contributed by atoms with Crippen LogP contribution in [0.2, 0.25) is 0 Å². The summed E-state index contributed by atoms with van der Waals surface area (Å²) in [5.74, 6) is 0. The second-order valence-electron chi connectivity index (χ2n) is 0.948. The molecule has 0 saturated carbocycles. The Morgan fingerprint density at radius 3 is 1.22 bits per heavy atom. The average Bonchev–Trinajstić information content (AvgIpc) is 1.27. The molecule has 0 atom stereocenters. The minimum absolute atomic E-state index is 0. The van der Waals surface area contributed by atoms with E-state index in [0.717, 1.165) is 0 Å².